The molecule has 1 saturated heterocycles. The number of nitrogens with one attached hydrogen (secondary N) is 1. The van der Waals surface area contributed by atoms with Crippen molar-refractivity contribution in [2.24, 2.45) is 29.6 Å². The van der Waals surface area contributed by atoms with Gasteiger partial charge in [-0.2, -0.15) is 0 Å². The molecule has 186 valence electrons. The zero-order chi connectivity index (χ0) is 25.0. The number of benzene rings is 1. The first-order valence-corrected chi connectivity index (χ1v) is 12.0. The minimum atomic E-state index is -0.855. The topological polar surface area (TPSA) is 105 Å². The van der Waals surface area contributed by atoms with Crippen molar-refractivity contribution < 1.29 is 29.0 Å². The molecule has 0 spiro atoms. The zero-order valence-electron chi connectivity index (χ0n) is 20.6. The molecule has 1 heterocycles. The van der Waals surface area contributed by atoms with Crippen molar-refractivity contribution in [2.45, 2.75) is 46.2 Å². The highest BCUT2D eigenvalue weighted by atomic mass is 16.5. The number of carbonyl (C=O) groups excluding carboxylic acids is 3. The van der Waals surface area contributed by atoms with Crippen molar-refractivity contribution in [1.82, 2.24) is 4.90 Å². The van der Waals surface area contributed by atoms with E-state index in [0.717, 1.165) is 6.42 Å². The molecule has 2 amide bonds. The van der Waals surface area contributed by atoms with Gasteiger partial charge in [0.2, 0.25) is 11.8 Å². The number of aliphatic hydroxyl groups excluding tert-OH is 1. The van der Waals surface area contributed by atoms with E-state index in [-0.39, 0.29) is 36.9 Å². The standard InChI is InChI=1S/C26H36N2O6/c1-6-15(3)20(14-29)28-23(24(30)27-17-9-11-18(33-5)12-10-17)19-13-8-16(4)21(22(19)25(28)31)26(32)34-7-2/h8-13,15-16,19-23,29H,6-7,14H2,1-5H3,(H,27,30)/t15-,16+,19-,20-,21+,22+,23-/m0/s1. The van der Waals surface area contributed by atoms with Gasteiger partial charge in [0.1, 0.15) is 11.8 Å². The van der Waals surface area contributed by atoms with Gasteiger partial charge >= 0.3 is 5.97 Å². The summed E-state index contributed by atoms with van der Waals surface area (Å²) in [6.07, 6.45) is 4.50. The normalized spacial score (nSPS) is 27.6. The Kier molecular flexibility index (Phi) is 8.36. The number of allylic oxidation sites excluding steroid dienone is 1. The molecule has 0 saturated carbocycles. The average Bonchev–Trinajstić information content (AvgIpc) is 3.12. The summed E-state index contributed by atoms with van der Waals surface area (Å²) in [4.78, 5) is 41.9. The quantitative estimate of drug-likeness (QED) is 0.423. The lowest BCUT2D eigenvalue weighted by molar-refractivity contribution is -0.156. The minimum Gasteiger partial charge on any atom is -0.497 e. The van der Waals surface area contributed by atoms with E-state index in [1.54, 1.807) is 38.3 Å². The van der Waals surface area contributed by atoms with Crippen LogP contribution in [-0.4, -0.2) is 60.2 Å². The van der Waals surface area contributed by atoms with Crippen LogP contribution in [0.3, 0.4) is 0 Å². The molecule has 0 unspecified atom stereocenters. The SMILES string of the molecule is CCOC(=O)[C@H]1[C@@H]2C(=O)N([C@@H](CO)[C@@H](C)CC)[C@H](C(=O)Nc3ccc(OC)cc3)[C@H]2C=C[C@H]1C. The first kappa shape index (κ1) is 25.7. The maximum atomic E-state index is 13.9. The summed E-state index contributed by atoms with van der Waals surface area (Å²) in [5.41, 5.74) is 0.570. The van der Waals surface area contributed by atoms with Crippen LogP contribution >= 0.6 is 0 Å². The Hall–Kier alpha value is -2.87. The van der Waals surface area contributed by atoms with Crippen molar-refractivity contribution in [2.75, 3.05) is 25.6 Å². The molecule has 8 heteroatoms. The van der Waals surface area contributed by atoms with E-state index in [2.05, 4.69) is 5.32 Å². The summed E-state index contributed by atoms with van der Waals surface area (Å²) >= 11 is 0. The van der Waals surface area contributed by atoms with E-state index in [9.17, 15) is 19.5 Å². The van der Waals surface area contributed by atoms with Crippen molar-refractivity contribution in [3.05, 3.63) is 36.4 Å². The number of hydrogen-bond acceptors (Lipinski definition) is 6. The average molecular weight is 473 g/mol. The molecule has 0 radical (unpaired) electrons. The van der Waals surface area contributed by atoms with Gasteiger partial charge in [-0.25, -0.2) is 0 Å². The van der Waals surface area contributed by atoms with E-state index in [4.69, 9.17) is 9.47 Å². The maximum Gasteiger partial charge on any atom is 0.310 e. The number of amides is 2. The fourth-order valence-corrected chi connectivity index (χ4v) is 5.20. The molecule has 2 N–H and O–H groups in total. The van der Waals surface area contributed by atoms with Crippen molar-refractivity contribution >= 4 is 23.5 Å². The van der Waals surface area contributed by atoms with Crippen LogP contribution in [0, 0.1) is 29.6 Å². The molecule has 8 nitrogen and oxygen atoms in total. The van der Waals surface area contributed by atoms with Crippen LogP contribution in [0.2, 0.25) is 0 Å². The predicted molar refractivity (Wildman–Crippen MR) is 128 cm³/mol. The Labute approximate surface area is 201 Å². The zero-order valence-corrected chi connectivity index (χ0v) is 20.6. The number of methoxy groups -OCH3 is 1. The van der Waals surface area contributed by atoms with Gasteiger partial charge < -0.3 is 24.8 Å². The Morgan fingerprint density at radius 2 is 1.85 bits per heavy atom. The Morgan fingerprint density at radius 1 is 1.18 bits per heavy atom. The van der Waals surface area contributed by atoms with Crippen LogP contribution in [-0.2, 0) is 19.1 Å². The fraction of sp³-hybridized carbons (Fsp3) is 0.577. The van der Waals surface area contributed by atoms with Crippen LogP contribution in [0.1, 0.15) is 34.1 Å². The molecule has 1 aromatic rings. The van der Waals surface area contributed by atoms with Gasteiger partial charge in [-0.3, -0.25) is 14.4 Å². The van der Waals surface area contributed by atoms with Gasteiger partial charge in [0.05, 0.1) is 38.2 Å². The summed E-state index contributed by atoms with van der Waals surface area (Å²) in [5.74, 6) is -2.54. The molecule has 3 rings (SSSR count). The predicted octanol–water partition coefficient (Wildman–Crippen LogP) is 2.87. The van der Waals surface area contributed by atoms with Crippen LogP contribution in [0.5, 0.6) is 5.75 Å². The number of nitrogens with zero attached hydrogens (tertiary/aromatic N) is 1. The molecule has 7 atom stereocenters. The highest BCUT2D eigenvalue weighted by molar-refractivity contribution is 6.01. The maximum absolute atomic E-state index is 13.9. The second-order valence-corrected chi connectivity index (χ2v) is 9.17. The molecule has 1 aliphatic heterocycles. The summed E-state index contributed by atoms with van der Waals surface area (Å²) in [6, 6.07) is 5.55. The number of fused-ring (bicyclic) bond motifs is 1. The number of anilines is 1. The monoisotopic (exact) mass is 472 g/mol. The van der Waals surface area contributed by atoms with Crippen molar-refractivity contribution in [1.29, 1.82) is 0 Å². The summed E-state index contributed by atoms with van der Waals surface area (Å²) in [5, 5.41) is 13.2. The first-order chi connectivity index (χ1) is 16.3. The van der Waals surface area contributed by atoms with Gasteiger partial charge in [-0.1, -0.05) is 39.3 Å². The number of hydrogen-bond donors (Lipinski definition) is 2. The Balaban J connectivity index is 2.01. The number of carbonyl (C=O) groups is 3. The van der Waals surface area contributed by atoms with Gasteiger partial charge in [0, 0.05) is 11.6 Å². The van der Waals surface area contributed by atoms with Gasteiger partial charge in [0.25, 0.3) is 0 Å². The molecule has 2 aliphatic rings. The lowest BCUT2D eigenvalue weighted by Gasteiger charge is -2.36. The van der Waals surface area contributed by atoms with E-state index in [1.165, 1.54) is 4.90 Å². The third kappa shape index (κ3) is 4.82. The number of aliphatic hydroxyl groups is 1. The molecule has 1 fully saturated rings. The Morgan fingerprint density at radius 3 is 2.41 bits per heavy atom. The summed E-state index contributed by atoms with van der Waals surface area (Å²) < 4.78 is 10.5. The molecular formula is C26H36N2O6. The van der Waals surface area contributed by atoms with Crippen LogP contribution in [0.25, 0.3) is 0 Å². The second-order valence-electron chi connectivity index (χ2n) is 9.17. The lowest BCUT2D eigenvalue weighted by Crippen LogP contribution is -2.52. The van der Waals surface area contributed by atoms with Crippen molar-refractivity contribution in [3.63, 3.8) is 0 Å². The largest absolute Gasteiger partial charge is 0.497 e. The number of ether oxygens (including phenoxy) is 2. The third-order valence-electron chi connectivity index (χ3n) is 7.24. The minimum absolute atomic E-state index is 0.0344. The Bertz CT molecular complexity index is 914. The number of likely N-dealkylation sites (tertiary alicyclic amines) is 1. The van der Waals surface area contributed by atoms with Crippen molar-refractivity contribution in [3.8, 4) is 5.75 Å². The van der Waals surface area contributed by atoms with E-state index in [0.29, 0.717) is 11.4 Å². The number of rotatable bonds is 9. The summed E-state index contributed by atoms with van der Waals surface area (Å²) in [7, 11) is 1.57. The smallest absolute Gasteiger partial charge is 0.310 e. The molecule has 0 aromatic heterocycles. The van der Waals surface area contributed by atoms with Crippen LogP contribution in [0.4, 0.5) is 5.69 Å². The molecule has 34 heavy (non-hydrogen) atoms. The molecule has 0 bridgehead atoms. The fourth-order valence-electron chi connectivity index (χ4n) is 5.20. The van der Waals surface area contributed by atoms with Gasteiger partial charge in [0.15, 0.2) is 0 Å². The van der Waals surface area contributed by atoms with E-state index in [1.807, 2.05) is 32.9 Å². The molecule has 1 aliphatic carbocycles. The highest BCUT2D eigenvalue weighted by Crippen LogP contribution is 2.46. The van der Waals surface area contributed by atoms with E-state index >= 15 is 0 Å². The first-order valence-electron chi connectivity index (χ1n) is 12.0. The van der Waals surface area contributed by atoms with Crippen LogP contribution in [0.15, 0.2) is 36.4 Å². The molecule has 1 aromatic carbocycles. The third-order valence-corrected chi connectivity index (χ3v) is 7.24. The van der Waals surface area contributed by atoms with Crippen LogP contribution < -0.4 is 10.1 Å². The van der Waals surface area contributed by atoms with Gasteiger partial charge in [-0.15, -0.1) is 0 Å². The highest BCUT2D eigenvalue weighted by Gasteiger charge is 2.58. The van der Waals surface area contributed by atoms with Gasteiger partial charge in [-0.05, 0) is 43.0 Å². The van der Waals surface area contributed by atoms with E-state index < -0.39 is 35.8 Å². The summed E-state index contributed by atoms with van der Waals surface area (Å²) in [6.45, 7) is 7.50. The molecular weight excluding hydrogens is 436 g/mol. The second kappa shape index (κ2) is 11.0. The lowest BCUT2D eigenvalue weighted by atomic mass is 9.70. The number of esters is 1.